The highest BCUT2D eigenvalue weighted by molar-refractivity contribution is 5.92. The minimum Gasteiger partial charge on any atom is -0.438 e. The molecule has 0 amide bonds. The third-order valence-electron chi connectivity index (χ3n) is 3.34. The number of hydrogen-bond acceptors (Lipinski definition) is 3. The van der Waals surface area contributed by atoms with Crippen LogP contribution >= 0.6 is 0 Å². The summed E-state index contributed by atoms with van der Waals surface area (Å²) in [6, 6.07) is 6.07. The van der Waals surface area contributed by atoms with Gasteiger partial charge in [0, 0.05) is 24.5 Å². The lowest BCUT2D eigenvalue weighted by Crippen LogP contribution is -2.16. The molecule has 1 aromatic heterocycles. The molecule has 0 atom stereocenters. The molecule has 0 saturated carbocycles. The molecular formula is C13H16N2O. The summed E-state index contributed by atoms with van der Waals surface area (Å²) >= 11 is 0. The number of nitrogen functional groups attached to an aromatic ring is 1. The zero-order valence-corrected chi connectivity index (χ0v) is 9.49. The summed E-state index contributed by atoms with van der Waals surface area (Å²) in [5.41, 5.74) is 8.71. The van der Waals surface area contributed by atoms with Gasteiger partial charge < -0.3 is 15.1 Å². The fourth-order valence-electron chi connectivity index (χ4n) is 2.36. The predicted molar refractivity (Wildman–Crippen MR) is 66.8 cm³/mol. The van der Waals surface area contributed by atoms with Crippen molar-refractivity contribution in [1.82, 2.24) is 0 Å². The van der Waals surface area contributed by atoms with E-state index in [1.165, 1.54) is 18.4 Å². The molecule has 1 saturated heterocycles. The van der Waals surface area contributed by atoms with Gasteiger partial charge in [-0.3, -0.25) is 0 Å². The molecule has 84 valence electrons. The van der Waals surface area contributed by atoms with E-state index < -0.39 is 0 Å². The van der Waals surface area contributed by atoms with Gasteiger partial charge in [0.25, 0.3) is 0 Å². The van der Waals surface area contributed by atoms with Crippen LogP contribution in [-0.4, -0.2) is 13.1 Å². The van der Waals surface area contributed by atoms with Gasteiger partial charge in [-0.15, -0.1) is 0 Å². The Morgan fingerprint density at radius 1 is 1.25 bits per heavy atom. The van der Waals surface area contributed by atoms with Gasteiger partial charge in [0.2, 0.25) is 0 Å². The summed E-state index contributed by atoms with van der Waals surface area (Å²) < 4.78 is 5.86. The number of nitrogens with two attached hydrogens (primary N) is 1. The van der Waals surface area contributed by atoms with E-state index in [-0.39, 0.29) is 0 Å². The highest BCUT2D eigenvalue weighted by Gasteiger charge is 2.17. The molecule has 3 rings (SSSR count). The smallest absolute Gasteiger partial charge is 0.196 e. The van der Waals surface area contributed by atoms with Crippen molar-refractivity contribution >= 4 is 22.5 Å². The molecule has 1 fully saturated rings. The van der Waals surface area contributed by atoms with Crippen molar-refractivity contribution in [2.24, 2.45) is 0 Å². The topological polar surface area (TPSA) is 42.4 Å². The second kappa shape index (κ2) is 3.44. The van der Waals surface area contributed by atoms with E-state index in [9.17, 15) is 0 Å². The Morgan fingerprint density at radius 3 is 2.69 bits per heavy atom. The van der Waals surface area contributed by atoms with Gasteiger partial charge in [0.1, 0.15) is 0 Å². The number of rotatable bonds is 1. The monoisotopic (exact) mass is 216 g/mol. The molecule has 16 heavy (non-hydrogen) atoms. The maximum atomic E-state index is 5.92. The molecule has 3 heteroatoms. The van der Waals surface area contributed by atoms with Crippen molar-refractivity contribution in [1.29, 1.82) is 0 Å². The third kappa shape index (κ3) is 1.35. The Balaban J connectivity index is 2.14. The third-order valence-corrected chi connectivity index (χ3v) is 3.34. The molecule has 3 nitrogen and oxygen atoms in total. The molecule has 0 unspecified atom stereocenters. The summed E-state index contributed by atoms with van der Waals surface area (Å²) in [6.07, 6.45) is 2.51. The summed E-state index contributed by atoms with van der Waals surface area (Å²) in [6.45, 7) is 4.28. The molecule has 0 bridgehead atoms. The van der Waals surface area contributed by atoms with Gasteiger partial charge in [-0.05, 0) is 31.4 Å². The average Bonchev–Trinajstić information content (AvgIpc) is 2.90. The van der Waals surface area contributed by atoms with E-state index in [2.05, 4.69) is 17.9 Å². The van der Waals surface area contributed by atoms with E-state index in [4.69, 9.17) is 10.2 Å². The first-order valence-electron chi connectivity index (χ1n) is 5.79. The second-order valence-corrected chi connectivity index (χ2v) is 4.49. The van der Waals surface area contributed by atoms with E-state index in [0.717, 1.165) is 35.6 Å². The van der Waals surface area contributed by atoms with Crippen LogP contribution in [0.25, 0.3) is 11.0 Å². The van der Waals surface area contributed by atoms with Crippen LogP contribution in [0.4, 0.5) is 11.6 Å². The van der Waals surface area contributed by atoms with Crippen LogP contribution < -0.4 is 10.6 Å². The average molecular weight is 216 g/mol. The van der Waals surface area contributed by atoms with Crippen molar-refractivity contribution in [2.45, 2.75) is 19.8 Å². The quantitative estimate of drug-likeness (QED) is 0.745. The Morgan fingerprint density at radius 2 is 2.00 bits per heavy atom. The van der Waals surface area contributed by atoms with E-state index in [1.54, 1.807) is 0 Å². The number of hydrogen-bond donors (Lipinski definition) is 1. The highest BCUT2D eigenvalue weighted by atomic mass is 16.4. The van der Waals surface area contributed by atoms with Crippen LogP contribution in [0.1, 0.15) is 18.4 Å². The van der Waals surface area contributed by atoms with Gasteiger partial charge in [-0.1, -0.05) is 6.07 Å². The molecule has 0 spiro atoms. The molecule has 1 aliphatic heterocycles. The SMILES string of the molecule is Cc1ccc(N)c2oc(N3CCCC3)cc12. The van der Waals surface area contributed by atoms with Crippen molar-refractivity contribution in [3.63, 3.8) is 0 Å². The lowest BCUT2D eigenvalue weighted by atomic mass is 10.1. The zero-order valence-electron chi connectivity index (χ0n) is 9.49. The predicted octanol–water partition coefficient (Wildman–Crippen LogP) is 2.92. The van der Waals surface area contributed by atoms with Crippen LogP contribution in [0.3, 0.4) is 0 Å². The number of fused-ring (bicyclic) bond motifs is 1. The molecule has 1 aromatic carbocycles. The van der Waals surface area contributed by atoms with E-state index in [0.29, 0.717) is 0 Å². The van der Waals surface area contributed by atoms with Crippen LogP contribution in [0.5, 0.6) is 0 Å². The first kappa shape index (κ1) is 9.58. The first-order valence-corrected chi connectivity index (χ1v) is 5.79. The summed E-state index contributed by atoms with van der Waals surface area (Å²) in [7, 11) is 0. The lowest BCUT2D eigenvalue weighted by Gasteiger charge is -2.12. The Kier molecular flexibility index (Phi) is 2.06. The Bertz CT molecular complexity index is 485. The van der Waals surface area contributed by atoms with Crippen LogP contribution in [0.2, 0.25) is 0 Å². The summed E-state index contributed by atoms with van der Waals surface area (Å²) in [4.78, 5) is 2.29. The first-order chi connectivity index (χ1) is 7.75. The lowest BCUT2D eigenvalue weighted by molar-refractivity contribution is 0.600. The largest absolute Gasteiger partial charge is 0.438 e. The normalized spacial score (nSPS) is 16.2. The van der Waals surface area contributed by atoms with Crippen molar-refractivity contribution in [3.8, 4) is 0 Å². The fourth-order valence-corrected chi connectivity index (χ4v) is 2.36. The zero-order chi connectivity index (χ0) is 11.1. The van der Waals surface area contributed by atoms with E-state index >= 15 is 0 Å². The number of aryl methyl sites for hydroxylation is 1. The van der Waals surface area contributed by atoms with Crippen molar-refractivity contribution < 1.29 is 4.42 Å². The minimum absolute atomic E-state index is 0.728. The second-order valence-electron chi connectivity index (χ2n) is 4.49. The molecule has 2 aromatic rings. The van der Waals surface area contributed by atoms with Gasteiger partial charge in [0.05, 0.1) is 5.69 Å². The van der Waals surface area contributed by atoms with Gasteiger partial charge in [-0.2, -0.15) is 0 Å². The van der Waals surface area contributed by atoms with Gasteiger partial charge >= 0.3 is 0 Å². The van der Waals surface area contributed by atoms with Crippen LogP contribution in [-0.2, 0) is 0 Å². The number of benzene rings is 1. The van der Waals surface area contributed by atoms with Gasteiger partial charge in [0.15, 0.2) is 11.5 Å². The number of furan rings is 1. The Hall–Kier alpha value is -1.64. The highest BCUT2D eigenvalue weighted by Crippen LogP contribution is 2.33. The van der Waals surface area contributed by atoms with Crippen molar-refractivity contribution in [3.05, 3.63) is 23.8 Å². The summed E-state index contributed by atoms with van der Waals surface area (Å²) in [5, 5.41) is 1.14. The molecule has 0 radical (unpaired) electrons. The molecule has 0 aliphatic carbocycles. The summed E-state index contributed by atoms with van der Waals surface area (Å²) in [5.74, 6) is 0.966. The fraction of sp³-hybridized carbons (Fsp3) is 0.385. The standard InChI is InChI=1S/C13H16N2O/c1-9-4-5-11(14)13-10(9)8-12(16-13)15-6-2-3-7-15/h4-5,8H,2-3,6-7,14H2,1H3. The number of anilines is 2. The maximum absolute atomic E-state index is 5.92. The molecular weight excluding hydrogens is 200 g/mol. The van der Waals surface area contributed by atoms with Crippen molar-refractivity contribution in [2.75, 3.05) is 23.7 Å². The Labute approximate surface area is 94.8 Å². The molecule has 2 N–H and O–H groups in total. The van der Waals surface area contributed by atoms with Gasteiger partial charge in [-0.25, -0.2) is 0 Å². The minimum atomic E-state index is 0.728. The van der Waals surface area contributed by atoms with Crippen LogP contribution in [0.15, 0.2) is 22.6 Å². The van der Waals surface area contributed by atoms with Crippen LogP contribution in [0, 0.1) is 6.92 Å². The maximum Gasteiger partial charge on any atom is 0.196 e. The molecule has 1 aliphatic rings. The molecule has 2 heterocycles. The van der Waals surface area contributed by atoms with E-state index in [1.807, 2.05) is 12.1 Å². The number of nitrogens with zero attached hydrogens (tertiary/aromatic N) is 1.